The molecule has 0 saturated carbocycles. The number of carbonyl (C=O) groups is 1. The highest BCUT2D eigenvalue weighted by Crippen LogP contribution is 2.40. The molecule has 1 rings (SSSR count). The van der Waals surface area contributed by atoms with Crippen molar-refractivity contribution in [3.63, 3.8) is 0 Å². The predicted molar refractivity (Wildman–Crippen MR) is 105 cm³/mol. The van der Waals surface area contributed by atoms with Crippen molar-refractivity contribution in [2.24, 2.45) is 5.41 Å². The first-order valence-electron chi connectivity index (χ1n) is 8.92. The third-order valence-corrected chi connectivity index (χ3v) is 4.52. The highest BCUT2D eigenvalue weighted by Gasteiger charge is 2.26. The molecule has 138 valence electrons. The van der Waals surface area contributed by atoms with E-state index in [1.807, 2.05) is 25.2 Å². The van der Waals surface area contributed by atoms with Gasteiger partial charge in [0.05, 0.1) is 6.61 Å². The van der Waals surface area contributed by atoms with Crippen LogP contribution in [0.4, 0.5) is 0 Å². The van der Waals surface area contributed by atoms with Crippen molar-refractivity contribution < 1.29 is 14.6 Å². The maximum absolute atomic E-state index is 10.4. The molecule has 25 heavy (non-hydrogen) atoms. The van der Waals surface area contributed by atoms with E-state index in [0.29, 0.717) is 6.61 Å². The van der Waals surface area contributed by atoms with Gasteiger partial charge in [0.15, 0.2) is 0 Å². The number of rotatable bonds is 8. The second kappa shape index (κ2) is 10.2. The van der Waals surface area contributed by atoms with E-state index in [1.54, 1.807) is 0 Å². The van der Waals surface area contributed by atoms with Gasteiger partial charge in [-0.3, -0.25) is 0 Å². The van der Waals surface area contributed by atoms with E-state index in [4.69, 9.17) is 9.84 Å². The Hall–Kier alpha value is -1.87. The van der Waals surface area contributed by atoms with E-state index in [1.165, 1.54) is 36.0 Å². The van der Waals surface area contributed by atoms with E-state index in [0.717, 1.165) is 5.57 Å². The number of hydrogen-bond acceptors (Lipinski definition) is 2. The van der Waals surface area contributed by atoms with Crippen molar-refractivity contribution in [2.45, 2.75) is 53.9 Å². The van der Waals surface area contributed by atoms with Crippen LogP contribution < -0.4 is 0 Å². The third-order valence-electron chi connectivity index (χ3n) is 4.52. The molecule has 0 bridgehead atoms. The van der Waals surface area contributed by atoms with Crippen LogP contribution in [0.1, 0.15) is 53.9 Å². The summed E-state index contributed by atoms with van der Waals surface area (Å²) < 4.78 is 4.99. The van der Waals surface area contributed by atoms with E-state index in [-0.39, 0.29) is 12.0 Å². The summed E-state index contributed by atoms with van der Waals surface area (Å²) in [4.78, 5) is 10.4. The molecule has 0 aromatic heterocycles. The van der Waals surface area contributed by atoms with Crippen molar-refractivity contribution >= 4 is 5.97 Å². The minimum Gasteiger partial charge on any atom is -0.480 e. The van der Waals surface area contributed by atoms with Crippen LogP contribution in [0.2, 0.25) is 0 Å². The zero-order chi connectivity index (χ0) is 18.9. The number of carboxylic acids is 1. The maximum atomic E-state index is 10.4. The number of aliphatic carboxylic acids is 1. The van der Waals surface area contributed by atoms with Crippen LogP contribution in [0, 0.1) is 5.41 Å². The molecule has 0 aromatic rings. The molecule has 0 spiro atoms. The van der Waals surface area contributed by atoms with Gasteiger partial charge in [-0.1, -0.05) is 67.0 Å². The molecule has 0 heterocycles. The van der Waals surface area contributed by atoms with E-state index in [2.05, 4.69) is 45.9 Å². The van der Waals surface area contributed by atoms with Crippen molar-refractivity contribution in [2.75, 3.05) is 13.2 Å². The van der Waals surface area contributed by atoms with Crippen LogP contribution in [0.5, 0.6) is 0 Å². The number of allylic oxidation sites excluding steroid dienone is 9. The lowest BCUT2D eigenvalue weighted by molar-refractivity contribution is -0.141. The second-order valence-electron chi connectivity index (χ2n) is 7.39. The molecule has 0 radical (unpaired) electrons. The molecule has 0 amide bonds. The fourth-order valence-electron chi connectivity index (χ4n) is 3.04. The summed E-state index contributed by atoms with van der Waals surface area (Å²) in [5.74, 6) is -0.946. The van der Waals surface area contributed by atoms with Gasteiger partial charge in [-0.2, -0.15) is 0 Å². The highest BCUT2D eigenvalue weighted by atomic mass is 16.5. The van der Waals surface area contributed by atoms with Crippen LogP contribution in [0.15, 0.2) is 58.7 Å². The highest BCUT2D eigenvalue weighted by molar-refractivity contribution is 5.68. The van der Waals surface area contributed by atoms with E-state index < -0.39 is 5.97 Å². The molecule has 0 fully saturated rings. The average Bonchev–Trinajstić information content (AvgIpc) is 2.50. The Morgan fingerprint density at radius 1 is 1.24 bits per heavy atom. The molecule has 0 atom stereocenters. The van der Waals surface area contributed by atoms with E-state index >= 15 is 0 Å². The maximum Gasteiger partial charge on any atom is 0.329 e. The molecule has 3 nitrogen and oxygen atoms in total. The molecule has 3 heteroatoms. The fourth-order valence-corrected chi connectivity index (χ4v) is 3.04. The Morgan fingerprint density at radius 2 is 1.96 bits per heavy atom. The molecule has 1 N–H and O–H groups in total. The summed E-state index contributed by atoms with van der Waals surface area (Å²) >= 11 is 0. The Morgan fingerprint density at radius 3 is 2.60 bits per heavy atom. The first kappa shape index (κ1) is 21.2. The van der Waals surface area contributed by atoms with Crippen LogP contribution in [0.25, 0.3) is 0 Å². The predicted octanol–water partition coefficient (Wildman–Crippen LogP) is 5.62. The standard InChI is InChI=1S/C22H32O3/c1-17(8-6-9-18(2)13-15-25-16-21(23)24)11-12-20-19(3)10-7-14-22(20,4)5/h6,8-9,11-13H,7,10,14-16H2,1-5H3,(H,23,24). The van der Waals surface area contributed by atoms with Gasteiger partial charge in [0.25, 0.3) is 0 Å². The summed E-state index contributed by atoms with van der Waals surface area (Å²) in [7, 11) is 0. The summed E-state index contributed by atoms with van der Waals surface area (Å²) in [6, 6.07) is 0. The molecule has 0 aromatic carbocycles. The van der Waals surface area contributed by atoms with Crippen LogP contribution in [-0.2, 0) is 9.53 Å². The Balaban J connectivity index is 2.60. The summed E-state index contributed by atoms with van der Waals surface area (Å²) in [5.41, 5.74) is 5.50. The largest absolute Gasteiger partial charge is 0.480 e. The Labute approximate surface area is 152 Å². The molecule has 0 saturated heterocycles. The fraction of sp³-hybridized carbons (Fsp3) is 0.500. The average molecular weight is 344 g/mol. The lowest BCUT2D eigenvalue weighted by Gasteiger charge is -2.32. The van der Waals surface area contributed by atoms with Gasteiger partial charge in [0, 0.05) is 0 Å². The van der Waals surface area contributed by atoms with Gasteiger partial charge in [-0.05, 0) is 51.0 Å². The topological polar surface area (TPSA) is 46.5 Å². The van der Waals surface area contributed by atoms with Crippen molar-refractivity contribution in [3.8, 4) is 0 Å². The van der Waals surface area contributed by atoms with Crippen molar-refractivity contribution in [3.05, 3.63) is 58.7 Å². The first-order chi connectivity index (χ1) is 11.7. The second-order valence-corrected chi connectivity index (χ2v) is 7.39. The zero-order valence-electron chi connectivity index (χ0n) is 16.3. The number of ether oxygens (including phenoxy) is 1. The monoisotopic (exact) mass is 344 g/mol. The molecule has 1 aliphatic carbocycles. The molecule has 1 aliphatic rings. The molecular formula is C22H32O3. The Kier molecular flexibility index (Phi) is 8.64. The normalized spacial score (nSPS) is 19.2. The minimum absolute atomic E-state index is 0.261. The van der Waals surface area contributed by atoms with Crippen molar-refractivity contribution in [1.82, 2.24) is 0 Å². The summed E-state index contributed by atoms with van der Waals surface area (Å²) in [5, 5.41) is 8.50. The molecule has 0 aliphatic heterocycles. The van der Waals surface area contributed by atoms with Gasteiger partial charge < -0.3 is 9.84 Å². The summed E-state index contributed by atoms with van der Waals surface area (Å²) in [6.45, 7) is 11.0. The zero-order valence-corrected chi connectivity index (χ0v) is 16.3. The quantitative estimate of drug-likeness (QED) is 0.459. The first-order valence-corrected chi connectivity index (χ1v) is 8.92. The van der Waals surface area contributed by atoms with Gasteiger partial charge in [-0.25, -0.2) is 4.79 Å². The lowest BCUT2D eigenvalue weighted by atomic mass is 9.72. The number of carboxylic acid groups (broad SMARTS) is 1. The summed E-state index contributed by atoms with van der Waals surface area (Å²) in [6.07, 6.45) is 16.2. The van der Waals surface area contributed by atoms with Gasteiger partial charge in [0.2, 0.25) is 0 Å². The smallest absolute Gasteiger partial charge is 0.329 e. The van der Waals surface area contributed by atoms with Crippen LogP contribution >= 0.6 is 0 Å². The minimum atomic E-state index is -0.946. The van der Waals surface area contributed by atoms with E-state index in [9.17, 15) is 4.79 Å². The van der Waals surface area contributed by atoms with Gasteiger partial charge in [0.1, 0.15) is 6.61 Å². The van der Waals surface area contributed by atoms with Gasteiger partial charge in [-0.15, -0.1) is 0 Å². The van der Waals surface area contributed by atoms with Crippen LogP contribution in [-0.4, -0.2) is 24.3 Å². The molecular weight excluding hydrogens is 312 g/mol. The van der Waals surface area contributed by atoms with Crippen LogP contribution in [0.3, 0.4) is 0 Å². The van der Waals surface area contributed by atoms with Crippen molar-refractivity contribution in [1.29, 1.82) is 0 Å². The third kappa shape index (κ3) is 8.17. The molecule has 0 unspecified atom stereocenters. The van der Waals surface area contributed by atoms with Gasteiger partial charge >= 0.3 is 5.97 Å². The number of hydrogen-bond donors (Lipinski definition) is 1. The Bertz CT molecular complexity index is 613. The SMILES string of the molecule is CC(C=CC1=C(C)CCCC1(C)C)=CC=CC(C)=CCOCC(=O)O. The lowest BCUT2D eigenvalue weighted by Crippen LogP contribution is -2.19.